The maximum absolute atomic E-state index is 11.5. The molecule has 1 aliphatic carbocycles. The van der Waals surface area contributed by atoms with Crippen LogP contribution in [-0.2, 0) is 9.53 Å². The van der Waals surface area contributed by atoms with Crippen LogP contribution in [0, 0.1) is 5.92 Å². The number of hydrogen-bond acceptors (Lipinski definition) is 4. The fourth-order valence-electron chi connectivity index (χ4n) is 4.22. The van der Waals surface area contributed by atoms with Crippen molar-refractivity contribution in [3.8, 4) is 0 Å². The van der Waals surface area contributed by atoms with Gasteiger partial charge in [0.25, 0.3) is 0 Å². The van der Waals surface area contributed by atoms with Gasteiger partial charge in [-0.15, -0.1) is 0 Å². The number of piperidine rings is 1. The molecule has 0 bridgehead atoms. The van der Waals surface area contributed by atoms with Crippen LogP contribution in [0.15, 0.2) is 0 Å². The van der Waals surface area contributed by atoms with Crippen LogP contribution in [0.3, 0.4) is 0 Å². The van der Waals surface area contributed by atoms with E-state index in [1.165, 1.54) is 0 Å². The molecule has 1 unspecified atom stereocenters. The molecule has 3 aliphatic rings. The zero-order chi connectivity index (χ0) is 14.9. The molecule has 1 N–H and O–H groups in total. The Balaban J connectivity index is 1.63. The summed E-state index contributed by atoms with van der Waals surface area (Å²) < 4.78 is 5.48. The van der Waals surface area contributed by atoms with Crippen LogP contribution in [0.2, 0.25) is 0 Å². The first-order chi connectivity index (χ1) is 10.2. The molecule has 0 spiro atoms. The molecule has 2 aliphatic heterocycles. The van der Waals surface area contributed by atoms with E-state index in [1.807, 2.05) is 0 Å². The van der Waals surface area contributed by atoms with Crippen LogP contribution < -0.4 is 0 Å². The molecule has 2 saturated heterocycles. The molecule has 5 nitrogen and oxygen atoms in total. The van der Waals surface area contributed by atoms with Crippen LogP contribution in [-0.4, -0.2) is 71.8 Å². The predicted molar refractivity (Wildman–Crippen MR) is 80.4 cm³/mol. The van der Waals surface area contributed by atoms with Crippen LogP contribution in [0.1, 0.15) is 39.0 Å². The number of nitrogens with zero attached hydrogens (tertiary/aromatic N) is 2. The van der Waals surface area contributed by atoms with Gasteiger partial charge in [0.15, 0.2) is 0 Å². The van der Waals surface area contributed by atoms with Crippen molar-refractivity contribution in [3.05, 3.63) is 0 Å². The smallest absolute Gasteiger partial charge is 0.321 e. The summed E-state index contributed by atoms with van der Waals surface area (Å²) in [5, 5.41) is 9.50. The molecule has 0 aromatic carbocycles. The van der Waals surface area contributed by atoms with Gasteiger partial charge in [0.1, 0.15) is 6.04 Å². The van der Waals surface area contributed by atoms with Crippen LogP contribution in [0.25, 0.3) is 0 Å². The summed E-state index contributed by atoms with van der Waals surface area (Å²) in [6.45, 7) is 7.87. The van der Waals surface area contributed by atoms with Gasteiger partial charge in [-0.3, -0.25) is 14.6 Å². The number of rotatable bonds is 5. The Morgan fingerprint density at radius 1 is 1.24 bits per heavy atom. The van der Waals surface area contributed by atoms with Crippen molar-refractivity contribution in [1.29, 1.82) is 0 Å². The first kappa shape index (κ1) is 15.3. The number of morpholine rings is 1. The molecular formula is C16H28N2O3. The summed E-state index contributed by atoms with van der Waals surface area (Å²) in [6, 6.07) is -0.232. The Morgan fingerprint density at radius 2 is 1.86 bits per heavy atom. The van der Waals surface area contributed by atoms with Gasteiger partial charge in [0.2, 0.25) is 0 Å². The molecule has 120 valence electrons. The number of aliphatic carboxylic acids is 1. The number of hydrogen-bond donors (Lipinski definition) is 1. The topological polar surface area (TPSA) is 53.0 Å². The fourth-order valence-corrected chi connectivity index (χ4v) is 4.22. The Morgan fingerprint density at radius 3 is 2.33 bits per heavy atom. The number of carboxylic acids is 1. The number of carbonyl (C=O) groups is 1. The molecule has 3 fully saturated rings. The summed E-state index contributed by atoms with van der Waals surface area (Å²) in [6.07, 6.45) is 5.54. The van der Waals surface area contributed by atoms with Crippen LogP contribution in [0.5, 0.6) is 0 Å². The zero-order valence-corrected chi connectivity index (χ0v) is 13.1. The van der Waals surface area contributed by atoms with Gasteiger partial charge >= 0.3 is 5.97 Å². The lowest BCUT2D eigenvalue weighted by molar-refractivity contribution is -0.146. The Hall–Kier alpha value is -0.650. The molecule has 1 atom stereocenters. The first-order valence-electron chi connectivity index (χ1n) is 8.46. The van der Waals surface area contributed by atoms with E-state index < -0.39 is 5.97 Å². The van der Waals surface area contributed by atoms with E-state index in [1.54, 1.807) is 0 Å². The highest BCUT2D eigenvalue weighted by molar-refractivity contribution is 5.74. The van der Waals surface area contributed by atoms with Crippen molar-refractivity contribution in [3.63, 3.8) is 0 Å². The second-order valence-electron chi connectivity index (χ2n) is 6.83. The van der Waals surface area contributed by atoms with Crippen molar-refractivity contribution in [2.75, 3.05) is 39.4 Å². The second-order valence-corrected chi connectivity index (χ2v) is 6.83. The highest BCUT2D eigenvalue weighted by Gasteiger charge is 2.45. The number of likely N-dealkylation sites (tertiary alicyclic amines) is 1. The largest absolute Gasteiger partial charge is 0.480 e. The molecule has 5 heteroatoms. The quantitative estimate of drug-likeness (QED) is 0.832. The van der Waals surface area contributed by atoms with E-state index in [0.717, 1.165) is 71.5 Å². The SMILES string of the molecule is CCC1(N2CCOCC2)CCN(C(C(=O)O)C2CC2)CC1. The lowest BCUT2D eigenvalue weighted by atomic mass is 9.82. The first-order valence-corrected chi connectivity index (χ1v) is 8.46. The minimum absolute atomic E-state index is 0.232. The maximum atomic E-state index is 11.5. The average molecular weight is 296 g/mol. The van der Waals surface area contributed by atoms with Crippen molar-refractivity contribution >= 4 is 5.97 Å². The van der Waals surface area contributed by atoms with Gasteiger partial charge < -0.3 is 9.84 Å². The van der Waals surface area contributed by atoms with Gasteiger partial charge in [-0.25, -0.2) is 0 Å². The van der Waals surface area contributed by atoms with E-state index in [4.69, 9.17) is 4.74 Å². The normalized spacial score (nSPS) is 29.2. The predicted octanol–water partition coefficient (Wildman–Crippen LogP) is 1.43. The molecule has 0 aromatic rings. The number of carboxylic acid groups (broad SMARTS) is 1. The van der Waals surface area contributed by atoms with Crippen molar-refractivity contribution in [2.45, 2.75) is 50.6 Å². The summed E-state index contributed by atoms with van der Waals surface area (Å²) in [5.74, 6) is -0.215. The van der Waals surface area contributed by atoms with E-state index in [9.17, 15) is 9.90 Å². The van der Waals surface area contributed by atoms with E-state index in [-0.39, 0.29) is 11.6 Å². The van der Waals surface area contributed by atoms with Gasteiger partial charge in [0.05, 0.1) is 13.2 Å². The van der Waals surface area contributed by atoms with Crippen molar-refractivity contribution < 1.29 is 14.6 Å². The van der Waals surface area contributed by atoms with E-state index in [2.05, 4.69) is 16.7 Å². The zero-order valence-electron chi connectivity index (χ0n) is 13.1. The Labute approximate surface area is 127 Å². The van der Waals surface area contributed by atoms with Gasteiger partial charge in [-0.2, -0.15) is 0 Å². The summed E-state index contributed by atoms with van der Waals surface area (Å²) >= 11 is 0. The molecule has 0 aromatic heterocycles. The standard InChI is InChI=1S/C16H28N2O3/c1-2-16(18-9-11-21-12-10-18)5-7-17(8-6-16)14(15(19)20)13-3-4-13/h13-14H,2-12H2,1H3,(H,19,20). The number of ether oxygens (including phenoxy) is 1. The Bertz CT molecular complexity index is 370. The lowest BCUT2D eigenvalue weighted by Crippen LogP contribution is -2.60. The minimum Gasteiger partial charge on any atom is -0.480 e. The average Bonchev–Trinajstić information content (AvgIpc) is 3.34. The van der Waals surface area contributed by atoms with E-state index >= 15 is 0 Å². The van der Waals surface area contributed by atoms with Gasteiger partial charge in [0, 0.05) is 31.7 Å². The van der Waals surface area contributed by atoms with Crippen LogP contribution in [0.4, 0.5) is 0 Å². The van der Waals surface area contributed by atoms with Crippen molar-refractivity contribution in [2.24, 2.45) is 5.92 Å². The van der Waals surface area contributed by atoms with E-state index in [0.29, 0.717) is 5.92 Å². The van der Waals surface area contributed by atoms with Crippen LogP contribution >= 0.6 is 0 Å². The second kappa shape index (κ2) is 6.23. The molecule has 0 radical (unpaired) electrons. The molecule has 1 saturated carbocycles. The minimum atomic E-state index is -0.618. The molecular weight excluding hydrogens is 268 g/mol. The molecule has 2 heterocycles. The maximum Gasteiger partial charge on any atom is 0.321 e. The summed E-state index contributed by atoms with van der Waals surface area (Å²) in [4.78, 5) is 16.4. The molecule has 0 amide bonds. The third-order valence-corrected chi connectivity index (χ3v) is 5.78. The van der Waals surface area contributed by atoms with Crippen molar-refractivity contribution in [1.82, 2.24) is 9.80 Å². The summed E-state index contributed by atoms with van der Waals surface area (Å²) in [5.41, 5.74) is 0.271. The summed E-state index contributed by atoms with van der Waals surface area (Å²) in [7, 11) is 0. The highest BCUT2D eigenvalue weighted by Crippen LogP contribution is 2.39. The molecule has 3 rings (SSSR count). The Kier molecular flexibility index (Phi) is 4.52. The monoisotopic (exact) mass is 296 g/mol. The molecule has 21 heavy (non-hydrogen) atoms. The van der Waals surface area contributed by atoms with Gasteiger partial charge in [-0.05, 0) is 38.0 Å². The third kappa shape index (κ3) is 3.10. The lowest BCUT2D eigenvalue weighted by Gasteiger charge is -2.50. The fraction of sp³-hybridized carbons (Fsp3) is 0.938. The van der Waals surface area contributed by atoms with Gasteiger partial charge in [-0.1, -0.05) is 6.92 Å². The third-order valence-electron chi connectivity index (χ3n) is 5.78. The highest BCUT2D eigenvalue weighted by atomic mass is 16.5.